The van der Waals surface area contributed by atoms with Gasteiger partial charge in [-0.2, -0.15) is 13.2 Å². The zero-order chi connectivity index (χ0) is 12.0. The van der Waals surface area contributed by atoms with Crippen molar-refractivity contribution in [1.29, 1.82) is 0 Å². The van der Waals surface area contributed by atoms with E-state index in [0.717, 1.165) is 18.7 Å². The van der Waals surface area contributed by atoms with Crippen LogP contribution in [0, 0.1) is 0 Å². The fraction of sp³-hybridized carbons (Fsp3) is 0.455. The molecule has 0 fully saturated rings. The molecule has 0 bridgehead atoms. The third kappa shape index (κ3) is 4.10. The van der Waals surface area contributed by atoms with Crippen LogP contribution in [0.5, 0.6) is 5.75 Å². The van der Waals surface area contributed by atoms with Crippen LogP contribution < -0.4 is 10.1 Å². The average Bonchev–Trinajstić information content (AvgIpc) is 2.24. The summed E-state index contributed by atoms with van der Waals surface area (Å²) >= 11 is 0. The second-order valence-corrected chi connectivity index (χ2v) is 3.22. The molecule has 0 saturated carbocycles. The number of ether oxygens (including phenoxy) is 1. The maximum atomic E-state index is 12.2. The Kier molecular flexibility index (Phi) is 4.61. The summed E-state index contributed by atoms with van der Waals surface area (Å²) in [5.74, 6) is 0.450. The molecule has 16 heavy (non-hydrogen) atoms. The Balaban J connectivity index is 2.46. The number of benzene rings is 1. The van der Waals surface area contributed by atoms with E-state index in [9.17, 15) is 13.2 Å². The number of alkyl halides is 3. The lowest BCUT2D eigenvalue weighted by molar-refractivity contribution is -0.137. The van der Waals surface area contributed by atoms with E-state index in [1.165, 1.54) is 12.1 Å². The molecule has 1 N–H and O–H groups in total. The van der Waals surface area contributed by atoms with Gasteiger partial charge >= 0.3 is 6.18 Å². The first kappa shape index (κ1) is 12.8. The zero-order valence-corrected chi connectivity index (χ0v) is 8.97. The van der Waals surface area contributed by atoms with Gasteiger partial charge in [0.15, 0.2) is 0 Å². The summed E-state index contributed by atoms with van der Waals surface area (Å²) in [5, 5.41) is 3.05. The number of rotatable bonds is 5. The summed E-state index contributed by atoms with van der Waals surface area (Å²) in [6.07, 6.45) is -4.29. The number of hydrogen-bond acceptors (Lipinski definition) is 2. The molecule has 1 aromatic carbocycles. The first-order valence-corrected chi connectivity index (χ1v) is 5.05. The van der Waals surface area contributed by atoms with Gasteiger partial charge in [-0.15, -0.1) is 0 Å². The molecule has 1 rings (SSSR count). The lowest BCUT2D eigenvalue weighted by Crippen LogP contribution is -2.20. The second kappa shape index (κ2) is 5.75. The number of nitrogens with one attached hydrogen (secondary N) is 1. The molecule has 5 heteroatoms. The first-order chi connectivity index (χ1) is 7.54. The minimum absolute atomic E-state index is 0.444. The highest BCUT2D eigenvalue weighted by Gasteiger charge is 2.29. The average molecular weight is 233 g/mol. The van der Waals surface area contributed by atoms with Gasteiger partial charge in [0.2, 0.25) is 0 Å². The lowest BCUT2D eigenvalue weighted by atomic mass is 10.2. The van der Waals surface area contributed by atoms with E-state index in [1.54, 1.807) is 0 Å². The van der Waals surface area contributed by atoms with Crippen LogP contribution in [0.1, 0.15) is 12.5 Å². The fourth-order valence-electron chi connectivity index (χ4n) is 1.16. The zero-order valence-electron chi connectivity index (χ0n) is 8.97. The topological polar surface area (TPSA) is 21.3 Å². The van der Waals surface area contributed by atoms with Crippen molar-refractivity contribution in [2.45, 2.75) is 13.1 Å². The van der Waals surface area contributed by atoms with Crippen LogP contribution >= 0.6 is 0 Å². The number of halogens is 3. The van der Waals surface area contributed by atoms with Crippen LogP contribution in [0.2, 0.25) is 0 Å². The van der Waals surface area contributed by atoms with Crippen molar-refractivity contribution in [1.82, 2.24) is 5.32 Å². The van der Waals surface area contributed by atoms with Crippen LogP contribution in [-0.4, -0.2) is 19.7 Å². The molecule has 90 valence electrons. The van der Waals surface area contributed by atoms with E-state index in [1.807, 2.05) is 6.92 Å². The third-order valence-electron chi connectivity index (χ3n) is 1.98. The van der Waals surface area contributed by atoms with Gasteiger partial charge in [-0.3, -0.25) is 0 Å². The van der Waals surface area contributed by atoms with Gasteiger partial charge in [-0.05, 0) is 30.8 Å². The molecule has 0 heterocycles. The monoisotopic (exact) mass is 233 g/mol. The van der Waals surface area contributed by atoms with Gasteiger partial charge in [0, 0.05) is 6.54 Å². The molecule has 0 radical (unpaired) electrons. The normalized spacial score (nSPS) is 11.5. The van der Waals surface area contributed by atoms with Gasteiger partial charge in [0.25, 0.3) is 0 Å². The van der Waals surface area contributed by atoms with Crippen LogP contribution in [0.3, 0.4) is 0 Å². The van der Waals surface area contributed by atoms with Crippen LogP contribution in [-0.2, 0) is 6.18 Å². The molecule has 0 amide bonds. The molecule has 0 aliphatic rings. The summed E-state index contributed by atoms with van der Waals surface area (Å²) in [4.78, 5) is 0. The Bertz CT molecular complexity index is 308. The quantitative estimate of drug-likeness (QED) is 0.789. The van der Waals surface area contributed by atoms with Crippen molar-refractivity contribution in [3.8, 4) is 5.75 Å². The van der Waals surface area contributed by atoms with Gasteiger partial charge in [-0.1, -0.05) is 6.92 Å². The summed E-state index contributed by atoms with van der Waals surface area (Å²) in [5.41, 5.74) is -0.661. The molecule has 1 aromatic rings. The smallest absolute Gasteiger partial charge is 0.416 e. The highest BCUT2D eigenvalue weighted by molar-refractivity contribution is 5.28. The van der Waals surface area contributed by atoms with Crippen LogP contribution in [0.15, 0.2) is 24.3 Å². The Labute approximate surface area is 92.4 Å². The predicted octanol–water partition coefficient (Wildman–Crippen LogP) is 2.69. The van der Waals surface area contributed by atoms with Gasteiger partial charge in [0.05, 0.1) is 5.56 Å². The Morgan fingerprint density at radius 2 is 1.81 bits per heavy atom. The third-order valence-corrected chi connectivity index (χ3v) is 1.98. The van der Waals surface area contributed by atoms with E-state index in [4.69, 9.17) is 4.74 Å². The standard InChI is InChI=1S/C11H14F3NO/c1-2-15-7-8-16-10-5-3-9(4-6-10)11(12,13)14/h3-6,15H,2,7-8H2,1H3. The Morgan fingerprint density at radius 1 is 1.19 bits per heavy atom. The summed E-state index contributed by atoms with van der Waals surface area (Å²) in [6.45, 7) is 3.94. The van der Waals surface area contributed by atoms with Gasteiger partial charge < -0.3 is 10.1 Å². The van der Waals surface area contributed by atoms with Crippen LogP contribution in [0.25, 0.3) is 0 Å². The van der Waals surface area contributed by atoms with Crippen molar-refractivity contribution in [2.75, 3.05) is 19.7 Å². The highest BCUT2D eigenvalue weighted by Crippen LogP contribution is 2.30. The van der Waals surface area contributed by atoms with Crippen molar-refractivity contribution in [2.24, 2.45) is 0 Å². The highest BCUT2D eigenvalue weighted by atomic mass is 19.4. The van der Waals surface area contributed by atoms with E-state index in [0.29, 0.717) is 18.9 Å². The SMILES string of the molecule is CCNCCOc1ccc(C(F)(F)F)cc1. The molecule has 0 aliphatic heterocycles. The largest absolute Gasteiger partial charge is 0.492 e. The van der Waals surface area contributed by atoms with Crippen LogP contribution in [0.4, 0.5) is 13.2 Å². The molecule has 0 spiro atoms. The van der Waals surface area contributed by atoms with E-state index in [2.05, 4.69) is 5.32 Å². The molecule has 0 saturated heterocycles. The van der Waals surface area contributed by atoms with Crippen molar-refractivity contribution in [3.63, 3.8) is 0 Å². The van der Waals surface area contributed by atoms with E-state index >= 15 is 0 Å². The van der Waals surface area contributed by atoms with Gasteiger partial charge in [0.1, 0.15) is 12.4 Å². The molecule has 0 aliphatic carbocycles. The van der Waals surface area contributed by atoms with Crippen molar-refractivity contribution < 1.29 is 17.9 Å². The Hall–Kier alpha value is -1.23. The molecule has 0 unspecified atom stereocenters. The number of likely N-dealkylation sites (N-methyl/N-ethyl adjacent to an activating group) is 1. The summed E-state index contributed by atoms with van der Waals surface area (Å²) < 4.78 is 41.9. The van der Waals surface area contributed by atoms with Gasteiger partial charge in [-0.25, -0.2) is 0 Å². The minimum atomic E-state index is -4.29. The predicted molar refractivity (Wildman–Crippen MR) is 55.5 cm³/mol. The Morgan fingerprint density at radius 3 is 2.31 bits per heavy atom. The number of hydrogen-bond donors (Lipinski definition) is 1. The first-order valence-electron chi connectivity index (χ1n) is 5.05. The molecule has 0 aromatic heterocycles. The maximum absolute atomic E-state index is 12.2. The molecule has 0 atom stereocenters. The maximum Gasteiger partial charge on any atom is 0.416 e. The van der Waals surface area contributed by atoms with Crippen molar-refractivity contribution in [3.05, 3.63) is 29.8 Å². The summed E-state index contributed by atoms with van der Waals surface area (Å²) in [7, 11) is 0. The summed E-state index contributed by atoms with van der Waals surface area (Å²) in [6, 6.07) is 4.69. The lowest BCUT2D eigenvalue weighted by Gasteiger charge is -2.09. The fourth-order valence-corrected chi connectivity index (χ4v) is 1.16. The molecular formula is C11H14F3NO. The van der Waals surface area contributed by atoms with Crippen molar-refractivity contribution >= 4 is 0 Å². The minimum Gasteiger partial charge on any atom is -0.492 e. The molecular weight excluding hydrogens is 219 g/mol. The second-order valence-electron chi connectivity index (χ2n) is 3.22. The molecule has 2 nitrogen and oxygen atoms in total. The van der Waals surface area contributed by atoms with E-state index < -0.39 is 11.7 Å². The van der Waals surface area contributed by atoms with E-state index in [-0.39, 0.29) is 0 Å².